The summed E-state index contributed by atoms with van der Waals surface area (Å²) in [5.41, 5.74) is 2.10. The summed E-state index contributed by atoms with van der Waals surface area (Å²) in [4.78, 5) is 0. The van der Waals surface area contributed by atoms with E-state index in [0.29, 0.717) is 6.04 Å². The second kappa shape index (κ2) is 6.11. The molecule has 2 heterocycles. The number of hydrogen-bond acceptors (Lipinski definition) is 4. The average Bonchev–Trinajstić information content (AvgIpc) is 2.95. The van der Waals surface area contributed by atoms with Crippen molar-refractivity contribution in [3.8, 4) is 11.5 Å². The minimum absolute atomic E-state index is 0.487. The zero-order valence-electron chi connectivity index (χ0n) is 11.0. The van der Waals surface area contributed by atoms with Gasteiger partial charge < -0.3 is 9.73 Å². The Hall–Kier alpha value is -1.20. The van der Waals surface area contributed by atoms with E-state index in [2.05, 4.69) is 28.7 Å². The molecule has 0 saturated heterocycles. The van der Waals surface area contributed by atoms with E-state index in [1.54, 1.807) is 0 Å². The van der Waals surface area contributed by atoms with Crippen LogP contribution in [0.4, 0.5) is 0 Å². The molecule has 0 aromatic carbocycles. The molecule has 0 spiro atoms. The van der Waals surface area contributed by atoms with Crippen LogP contribution in [0.15, 0.2) is 22.7 Å². The quantitative estimate of drug-likeness (QED) is 0.843. The van der Waals surface area contributed by atoms with E-state index < -0.39 is 0 Å². The van der Waals surface area contributed by atoms with Crippen molar-refractivity contribution in [1.29, 1.82) is 0 Å². The fraction of sp³-hybridized carbons (Fsp3) is 0.462. The molecular weight excluding hydrogens is 246 g/mol. The van der Waals surface area contributed by atoms with Crippen molar-refractivity contribution in [2.45, 2.75) is 26.4 Å². The van der Waals surface area contributed by atoms with E-state index in [9.17, 15) is 0 Å². The van der Waals surface area contributed by atoms with Gasteiger partial charge in [-0.15, -0.1) is 0 Å². The van der Waals surface area contributed by atoms with Crippen LogP contribution in [0.1, 0.15) is 18.2 Å². The van der Waals surface area contributed by atoms with E-state index in [0.717, 1.165) is 35.1 Å². The Bertz CT molecular complexity index is 492. The molecule has 18 heavy (non-hydrogen) atoms. The largest absolute Gasteiger partial charge is 0.460 e. The molecule has 0 radical (unpaired) electrons. The maximum atomic E-state index is 5.62. The summed E-state index contributed by atoms with van der Waals surface area (Å²) in [6.45, 7) is 4.93. The third kappa shape index (κ3) is 3.17. The van der Waals surface area contributed by atoms with Gasteiger partial charge in [0.25, 0.3) is 0 Å². The topological polar surface area (TPSA) is 53.9 Å². The summed E-state index contributed by atoms with van der Waals surface area (Å²) in [7, 11) is 0. The van der Waals surface area contributed by atoms with Gasteiger partial charge >= 0.3 is 0 Å². The summed E-state index contributed by atoms with van der Waals surface area (Å²) in [5, 5.41) is 10.6. The molecule has 0 aliphatic carbocycles. The normalized spacial score (nSPS) is 12.8. The first-order valence-corrected chi connectivity index (χ1v) is 7.41. The van der Waals surface area contributed by atoms with Crippen molar-refractivity contribution < 1.29 is 4.42 Å². The third-order valence-corrected chi connectivity index (χ3v) is 3.60. The highest BCUT2D eigenvalue weighted by Crippen LogP contribution is 2.23. The number of rotatable bonds is 6. The molecule has 2 N–H and O–H groups in total. The number of nitrogens with zero attached hydrogens (tertiary/aromatic N) is 1. The first-order chi connectivity index (χ1) is 8.70. The molecule has 4 nitrogen and oxygen atoms in total. The number of aromatic nitrogens is 2. The molecule has 0 saturated carbocycles. The highest BCUT2D eigenvalue weighted by atomic mass is 32.2. The van der Waals surface area contributed by atoms with E-state index in [1.807, 2.05) is 37.0 Å². The SMILES string of the molecule is CSCC(C)NCc1cn[nH]c1-c1ccc(C)o1. The van der Waals surface area contributed by atoms with Gasteiger partial charge in [-0.05, 0) is 32.2 Å². The molecule has 2 aromatic rings. The van der Waals surface area contributed by atoms with Crippen LogP contribution >= 0.6 is 11.8 Å². The number of H-pyrrole nitrogens is 1. The van der Waals surface area contributed by atoms with E-state index in [-0.39, 0.29) is 0 Å². The standard InChI is InChI=1S/C13H19N3OS/c1-9(8-18-3)14-6-11-7-15-16-13(11)12-5-4-10(2)17-12/h4-5,7,9,14H,6,8H2,1-3H3,(H,15,16). The predicted molar refractivity (Wildman–Crippen MR) is 75.7 cm³/mol. The summed E-state index contributed by atoms with van der Waals surface area (Å²) in [6, 6.07) is 4.42. The van der Waals surface area contributed by atoms with Gasteiger partial charge in [0.05, 0.1) is 6.20 Å². The van der Waals surface area contributed by atoms with Crippen molar-refractivity contribution in [2.75, 3.05) is 12.0 Å². The second-order valence-corrected chi connectivity index (χ2v) is 5.33. The summed E-state index contributed by atoms with van der Waals surface area (Å²) in [5.74, 6) is 2.86. The molecule has 2 aromatic heterocycles. The number of nitrogens with one attached hydrogen (secondary N) is 2. The van der Waals surface area contributed by atoms with Crippen LogP contribution in [0.3, 0.4) is 0 Å². The highest BCUT2D eigenvalue weighted by Gasteiger charge is 2.11. The average molecular weight is 265 g/mol. The highest BCUT2D eigenvalue weighted by molar-refractivity contribution is 7.98. The van der Waals surface area contributed by atoms with Crippen molar-refractivity contribution in [3.63, 3.8) is 0 Å². The third-order valence-electron chi connectivity index (χ3n) is 2.76. The van der Waals surface area contributed by atoms with Crippen molar-refractivity contribution in [2.24, 2.45) is 0 Å². The Morgan fingerprint density at radius 1 is 1.50 bits per heavy atom. The minimum atomic E-state index is 0.487. The number of thioether (sulfide) groups is 1. The van der Waals surface area contributed by atoms with Gasteiger partial charge in [0.15, 0.2) is 5.76 Å². The van der Waals surface area contributed by atoms with Crippen LogP contribution < -0.4 is 5.32 Å². The lowest BCUT2D eigenvalue weighted by Gasteiger charge is -2.11. The minimum Gasteiger partial charge on any atom is -0.460 e. The van der Waals surface area contributed by atoms with Crippen molar-refractivity contribution in [1.82, 2.24) is 15.5 Å². The Kier molecular flexibility index (Phi) is 4.49. The van der Waals surface area contributed by atoms with Crippen molar-refractivity contribution >= 4 is 11.8 Å². The lowest BCUT2D eigenvalue weighted by Crippen LogP contribution is -2.27. The zero-order chi connectivity index (χ0) is 13.0. The fourth-order valence-electron chi connectivity index (χ4n) is 1.82. The lowest BCUT2D eigenvalue weighted by molar-refractivity contribution is 0.544. The van der Waals surface area contributed by atoms with E-state index >= 15 is 0 Å². The van der Waals surface area contributed by atoms with Gasteiger partial charge in [-0.25, -0.2) is 0 Å². The van der Waals surface area contributed by atoms with Crippen LogP contribution in [0.5, 0.6) is 0 Å². The first kappa shape index (κ1) is 13.2. The maximum absolute atomic E-state index is 5.62. The number of aromatic amines is 1. The summed E-state index contributed by atoms with van der Waals surface area (Å²) in [6.07, 6.45) is 3.97. The van der Waals surface area contributed by atoms with Gasteiger partial charge in [-0.2, -0.15) is 16.9 Å². The Balaban J connectivity index is 2.04. The first-order valence-electron chi connectivity index (χ1n) is 6.02. The monoisotopic (exact) mass is 265 g/mol. The molecule has 0 bridgehead atoms. The zero-order valence-corrected chi connectivity index (χ0v) is 11.8. The van der Waals surface area contributed by atoms with Gasteiger partial charge in [0.2, 0.25) is 0 Å². The smallest absolute Gasteiger partial charge is 0.152 e. The molecule has 0 aliphatic heterocycles. The molecule has 0 amide bonds. The van der Waals surface area contributed by atoms with Crippen molar-refractivity contribution in [3.05, 3.63) is 29.7 Å². The number of aryl methyl sites for hydroxylation is 1. The Labute approximate surface area is 112 Å². The molecular formula is C13H19N3OS. The van der Waals surface area contributed by atoms with E-state index in [1.165, 1.54) is 0 Å². The van der Waals surface area contributed by atoms with Crippen LogP contribution in [-0.4, -0.2) is 28.2 Å². The van der Waals surface area contributed by atoms with Crippen LogP contribution in [0.25, 0.3) is 11.5 Å². The van der Waals surface area contributed by atoms with Gasteiger partial charge in [0.1, 0.15) is 11.5 Å². The van der Waals surface area contributed by atoms with Crippen LogP contribution in [0.2, 0.25) is 0 Å². The lowest BCUT2D eigenvalue weighted by atomic mass is 10.2. The molecule has 5 heteroatoms. The van der Waals surface area contributed by atoms with Gasteiger partial charge in [-0.3, -0.25) is 5.10 Å². The fourth-order valence-corrected chi connectivity index (χ4v) is 2.44. The maximum Gasteiger partial charge on any atom is 0.152 e. The Morgan fingerprint density at radius 3 is 3.00 bits per heavy atom. The number of hydrogen-bond donors (Lipinski definition) is 2. The molecule has 0 fully saturated rings. The van der Waals surface area contributed by atoms with Gasteiger partial charge in [-0.1, -0.05) is 0 Å². The summed E-state index contributed by atoms with van der Waals surface area (Å²) < 4.78 is 5.62. The second-order valence-electron chi connectivity index (χ2n) is 4.42. The summed E-state index contributed by atoms with van der Waals surface area (Å²) >= 11 is 1.85. The molecule has 1 unspecified atom stereocenters. The molecule has 2 rings (SSSR count). The molecule has 0 aliphatic rings. The molecule has 98 valence electrons. The predicted octanol–water partition coefficient (Wildman–Crippen LogP) is 2.82. The van der Waals surface area contributed by atoms with Crippen LogP contribution in [0, 0.1) is 6.92 Å². The van der Waals surface area contributed by atoms with Crippen LogP contribution in [-0.2, 0) is 6.54 Å². The Morgan fingerprint density at radius 2 is 2.33 bits per heavy atom. The van der Waals surface area contributed by atoms with Gasteiger partial charge in [0, 0.05) is 23.9 Å². The van der Waals surface area contributed by atoms with E-state index in [4.69, 9.17) is 4.42 Å². The number of furan rings is 1. The molecule has 1 atom stereocenters.